The molecule has 1 amide bonds. The van der Waals surface area contributed by atoms with E-state index in [4.69, 9.17) is 18.9 Å². The number of esters is 1. The number of anilines is 1. The first-order valence-electron chi connectivity index (χ1n) is 9.76. The smallest absolute Gasteiger partial charge is 0.340 e. The van der Waals surface area contributed by atoms with Gasteiger partial charge in [0.15, 0.2) is 11.5 Å². The predicted molar refractivity (Wildman–Crippen MR) is 117 cm³/mol. The fourth-order valence-electron chi connectivity index (χ4n) is 3.50. The molecule has 1 aliphatic rings. The average Bonchev–Trinajstić information content (AvgIpc) is 3.03. The molecule has 0 spiro atoms. The first-order valence-corrected chi connectivity index (χ1v) is 9.76. The third-order valence-electron chi connectivity index (χ3n) is 4.94. The summed E-state index contributed by atoms with van der Waals surface area (Å²) in [5.41, 5.74) is 2.15. The molecule has 0 aromatic heterocycles. The highest BCUT2D eigenvalue weighted by molar-refractivity contribution is 6.24. The molecular formula is C24H25NO6. The molecule has 7 heteroatoms. The summed E-state index contributed by atoms with van der Waals surface area (Å²) in [6.45, 7) is 3.64. The summed E-state index contributed by atoms with van der Waals surface area (Å²) < 4.78 is 21.3. The van der Waals surface area contributed by atoms with Gasteiger partial charge in [-0.25, -0.2) is 4.79 Å². The van der Waals surface area contributed by atoms with Crippen LogP contribution < -0.4 is 19.1 Å². The van der Waals surface area contributed by atoms with E-state index in [1.165, 1.54) is 19.1 Å². The van der Waals surface area contributed by atoms with E-state index in [1.807, 2.05) is 0 Å². The van der Waals surface area contributed by atoms with Crippen LogP contribution in [0.5, 0.6) is 17.2 Å². The van der Waals surface area contributed by atoms with Crippen molar-refractivity contribution in [3.63, 3.8) is 0 Å². The number of rotatable bonds is 7. The van der Waals surface area contributed by atoms with Gasteiger partial charge in [0.1, 0.15) is 5.75 Å². The highest BCUT2D eigenvalue weighted by Gasteiger charge is 2.38. The molecule has 0 bridgehead atoms. The second kappa shape index (κ2) is 9.38. The molecule has 2 aromatic rings. The van der Waals surface area contributed by atoms with E-state index in [9.17, 15) is 9.59 Å². The molecule has 3 rings (SSSR count). The maximum atomic E-state index is 13.5. The van der Waals surface area contributed by atoms with Gasteiger partial charge in [0.25, 0.3) is 5.91 Å². The zero-order valence-electron chi connectivity index (χ0n) is 18.2. The zero-order chi connectivity index (χ0) is 22.5. The van der Waals surface area contributed by atoms with Gasteiger partial charge in [0.05, 0.1) is 39.1 Å². The molecule has 162 valence electrons. The van der Waals surface area contributed by atoms with Gasteiger partial charge >= 0.3 is 5.97 Å². The number of ether oxygens (including phenoxy) is 4. The summed E-state index contributed by atoms with van der Waals surface area (Å²) in [5, 5.41) is 0. The first kappa shape index (κ1) is 22.0. The molecule has 0 saturated carbocycles. The summed E-state index contributed by atoms with van der Waals surface area (Å²) in [4.78, 5) is 27.7. The van der Waals surface area contributed by atoms with Crippen molar-refractivity contribution < 1.29 is 28.5 Å². The van der Waals surface area contributed by atoms with Crippen molar-refractivity contribution >= 4 is 23.6 Å². The standard InChI is InChI=1S/C24H25NO6/c1-6-31-24(27)21-15(2)25(17-10-12-18(28-3)13-11-17)23(26)19(21)14-16-8-7-9-20(29-4)22(16)30-5/h7-14H,6H2,1-5H3/b19-14-. The van der Waals surface area contributed by atoms with Gasteiger partial charge in [0.2, 0.25) is 0 Å². The normalized spacial score (nSPS) is 14.8. The molecule has 1 aliphatic heterocycles. The zero-order valence-corrected chi connectivity index (χ0v) is 18.2. The van der Waals surface area contributed by atoms with Crippen molar-refractivity contribution in [3.05, 3.63) is 64.9 Å². The number of para-hydroxylation sites is 1. The molecule has 31 heavy (non-hydrogen) atoms. The van der Waals surface area contributed by atoms with Crippen molar-refractivity contribution in [2.75, 3.05) is 32.8 Å². The molecule has 0 fully saturated rings. The maximum Gasteiger partial charge on any atom is 0.340 e. The van der Waals surface area contributed by atoms with Crippen molar-refractivity contribution in [3.8, 4) is 17.2 Å². The Morgan fingerprint density at radius 3 is 2.29 bits per heavy atom. The van der Waals surface area contributed by atoms with Gasteiger partial charge in [-0.2, -0.15) is 0 Å². The molecule has 0 saturated heterocycles. The molecule has 0 aliphatic carbocycles. The Kier molecular flexibility index (Phi) is 6.65. The van der Waals surface area contributed by atoms with Gasteiger partial charge in [-0.15, -0.1) is 0 Å². The minimum Gasteiger partial charge on any atom is -0.497 e. The Morgan fingerprint density at radius 2 is 1.71 bits per heavy atom. The van der Waals surface area contributed by atoms with Gasteiger partial charge in [-0.05, 0) is 50.3 Å². The second-order valence-corrected chi connectivity index (χ2v) is 6.66. The maximum absolute atomic E-state index is 13.5. The van der Waals surface area contributed by atoms with E-state index in [2.05, 4.69) is 0 Å². The minimum absolute atomic E-state index is 0.197. The van der Waals surface area contributed by atoms with Crippen LogP contribution in [0.25, 0.3) is 6.08 Å². The highest BCUT2D eigenvalue weighted by atomic mass is 16.5. The van der Waals surface area contributed by atoms with E-state index < -0.39 is 5.97 Å². The lowest BCUT2D eigenvalue weighted by atomic mass is 10.0. The Hall–Kier alpha value is -3.74. The molecule has 1 heterocycles. The lowest BCUT2D eigenvalue weighted by molar-refractivity contribution is -0.138. The van der Waals surface area contributed by atoms with Crippen LogP contribution in [-0.4, -0.2) is 39.8 Å². The van der Waals surface area contributed by atoms with Crippen molar-refractivity contribution in [2.45, 2.75) is 13.8 Å². The number of methoxy groups -OCH3 is 3. The summed E-state index contributed by atoms with van der Waals surface area (Å²) in [7, 11) is 4.63. The fourth-order valence-corrected chi connectivity index (χ4v) is 3.50. The van der Waals surface area contributed by atoms with E-state index in [-0.39, 0.29) is 23.7 Å². The minimum atomic E-state index is -0.558. The van der Waals surface area contributed by atoms with Crippen LogP contribution in [0, 0.1) is 0 Å². The number of hydrogen-bond donors (Lipinski definition) is 0. The highest BCUT2D eigenvalue weighted by Crippen LogP contribution is 2.38. The Balaban J connectivity index is 2.16. The topological polar surface area (TPSA) is 74.3 Å². The largest absolute Gasteiger partial charge is 0.497 e. The molecular weight excluding hydrogens is 398 g/mol. The van der Waals surface area contributed by atoms with Crippen LogP contribution in [0.3, 0.4) is 0 Å². The van der Waals surface area contributed by atoms with Crippen LogP contribution in [0.1, 0.15) is 19.4 Å². The number of amides is 1. The summed E-state index contributed by atoms with van der Waals surface area (Å²) >= 11 is 0. The first-order chi connectivity index (χ1) is 15.0. The van der Waals surface area contributed by atoms with Crippen molar-refractivity contribution in [1.82, 2.24) is 0 Å². The lowest BCUT2D eigenvalue weighted by Crippen LogP contribution is -2.24. The Labute approximate surface area is 181 Å². The number of nitrogens with zero attached hydrogens (tertiary/aromatic N) is 1. The third kappa shape index (κ3) is 4.12. The van der Waals surface area contributed by atoms with Gasteiger partial charge in [-0.3, -0.25) is 9.69 Å². The molecule has 2 aromatic carbocycles. The molecule has 0 atom stereocenters. The van der Waals surface area contributed by atoms with E-state index in [1.54, 1.807) is 69.5 Å². The lowest BCUT2D eigenvalue weighted by Gasteiger charge is -2.18. The number of benzene rings is 2. The molecule has 0 N–H and O–H groups in total. The fraction of sp³-hybridized carbons (Fsp3) is 0.250. The predicted octanol–water partition coefficient (Wildman–Crippen LogP) is 3.98. The van der Waals surface area contributed by atoms with E-state index in [0.717, 1.165) is 0 Å². The average molecular weight is 423 g/mol. The van der Waals surface area contributed by atoms with Crippen LogP contribution in [0.15, 0.2) is 59.3 Å². The Morgan fingerprint density at radius 1 is 1.00 bits per heavy atom. The molecule has 7 nitrogen and oxygen atoms in total. The Bertz CT molecular complexity index is 1050. The van der Waals surface area contributed by atoms with Crippen LogP contribution in [0.4, 0.5) is 5.69 Å². The van der Waals surface area contributed by atoms with Crippen LogP contribution in [0.2, 0.25) is 0 Å². The van der Waals surface area contributed by atoms with Gasteiger partial charge in [0, 0.05) is 16.9 Å². The number of allylic oxidation sites excluding steroid dienone is 1. The summed E-state index contributed by atoms with van der Waals surface area (Å²) in [6.07, 6.45) is 1.63. The van der Waals surface area contributed by atoms with Gasteiger partial charge in [-0.1, -0.05) is 12.1 Å². The van der Waals surface area contributed by atoms with Crippen molar-refractivity contribution in [1.29, 1.82) is 0 Å². The van der Waals surface area contributed by atoms with E-state index >= 15 is 0 Å². The summed E-state index contributed by atoms with van der Waals surface area (Å²) in [6, 6.07) is 12.4. The summed E-state index contributed by atoms with van der Waals surface area (Å²) in [5.74, 6) is 0.759. The van der Waals surface area contributed by atoms with Crippen LogP contribution >= 0.6 is 0 Å². The monoisotopic (exact) mass is 423 g/mol. The van der Waals surface area contributed by atoms with E-state index in [0.29, 0.717) is 34.2 Å². The van der Waals surface area contributed by atoms with Gasteiger partial charge < -0.3 is 18.9 Å². The number of carbonyl (C=O) groups is 2. The molecule has 0 radical (unpaired) electrons. The molecule has 0 unspecified atom stereocenters. The number of hydrogen-bond acceptors (Lipinski definition) is 6. The second-order valence-electron chi connectivity index (χ2n) is 6.66. The SMILES string of the molecule is CCOC(=O)C1=C(C)N(c2ccc(OC)cc2)C(=O)/C1=C\c1cccc(OC)c1OC. The van der Waals surface area contributed by atoms with Crippen molar-refractivity contribution in [2.24, 2.45) is 0 Å². The van der Waals surface area contributed by atoms with Crippen LogP contribution in [-0.2, 0) is 14.3 Å². The number of carbonyl (C=O) groups excluding carboxylic acids is 2. The quantitative estimate of drug-likeness (QED) is 0.495. The third-order valence-corrected chi connectivity index (χ3v) is 4.94.